The molecular weight excluding hydrogens is 444 g/mol. The molecule has 3 heterocycles. The molecule has 1 fully saturated rings. The van der Waals surface area contributed by atoms with E-state index in [1.54, 1.807) is 6.92 Å². The lowest BCUT2D eigenvalue weighted by Gasteiger charge is -2.35. The van der Waals surface area contributed by atoms with Crippen LogP contribution in [0.2, 0.25) is 0 Å². The highest BCUT2D eigenvalue weighted by molar-refractivity contribution is 6.12. The van der Waals surface area contributed by atoms with Crippen LogP contribution in [0.15, 0.2) is 42.5 Å². The molecule has 186 valence electrons. The van der Waals surface area contributed by atoms with Crippen LogP contribution in [0, 0.1) is 6.92 Å². The zero-order valence-corrected chi connectivity index (χ0v) is 20.6. The summed E-state index contributed by atoms with van der Waals surface area (Å²) < 4.78 is 19.5. The lowest BCUT2D eigenvalue weighted by molar-refractivity contribution is -0.246. The quantitative estimate of drug-likeness (QED) is 0.360. The second-order valence-electron chi connectivity index (χ2n) is 9.53. The normalized spacial score (nSPS) is 22.9. The van der Waals surface area contributed by atoms with Gasteiger partial charge in [0.1, 0.15) is 17.5 Å². The van der Waals surface area contributed by atoms with Gasteiger partial charge in [-0.3, -0.25) is 0 Å². The first-order valence-electron chi connectivity index (χ1n) is 12.5. The molecule has 0 unspecified atom stereocenters. The fourth-order valence-electron chi connectivity index (χ4n) is 5.05. The topological polar surface area (TPSA) is 86.0 Å². The molecule has 2 aromatic heterocycles. The molecule has 0 bridgehead atoms. The molecule has 1 saturated heterocycles. The molecule has 0 spiro atoms. The number of hydrogen-bond acceptors (Lipinski definition) is 6. The Morgan fingerprint density at radius 1 is 1.06 bits per heavy atom. The Morgan fingerprint density at radius 2 is 1.86 bits per heavy atom. The molecule has 0 saturated carbocycles. The van der Waals surface area contributed by atoms with Gasteiger partial charge in [0, 0.05) is 36.2 Å². The van der Waals surface area contributed by atoms with E-state index >= 15 is 0 Å². The van der Waals surface area contributed by atoms with Crippen LogP contribution in [0.1, 0.15) is 38.2 Å². The van der Waals surface area contributed by atoms with Gasteiger partial charge < -0.3 is 29.0 Å². The van der Waals surface area contributed by atoms with Crippen LogP contribution in [0.3, 0.4) is 0 Å². The van der Waals surface area contributed by atoms with Gasteiger partial charge in [0.15, 0.2) is 6.29 Å². The molecule has 1 aliphatic heterocycles. The van der Waals surface area contributed by atoms with E-state index in [0.717, 1.165) is 41.6 Å². The summed E-state index contributed by atoms with van der Waals surface area (Å²) >= 11 is 0. The highest BCUT2D eigenvalue weighted by atomic mass is 16.7. The number of aliphatic hydroxyl groups is 2. The molecule has 7 nitrogen and oxygen atoms in total. The summed E-state index contributed by atoms with van der Waals surface area (Å²) in [4.78, 5) is 4.95. The van der Waals surface area contributed by atoms with Gasteiger partial charge in [0.2, 0.25) is 0 Å². The second kappa shape index (κ2) is 10.1. The number of hydrogen-bond donors (Lipinski definition) is 2. The third-order valence-electron chi connectivity index (χ3n) is 7.09. The SMILES string of the molecule is Cc1c2cc(OCCCCCO[C@H]3C[C@H](O)[C@@H](O)[C@H](C)O3)ccc2nc2c1c1ccccc1n2C. The minimum absolute atomic E-state index is 0.302. The Bertz CT molecular complexity index is 1320. The smallest absolute Gasteiger partial charge is 0.160 e. The number of nitrogens with zero attached hydrogens (tertiary/aromatic N) is 2. The first kappa shape index (κ1) is 24.0. The van der Waals surface area contributed by atoms with Gasteiger partial charge >= 0.3 is 0 Å². The maximum atomic E-state index is 9.85. The zero-order valence-electron chi connectivity index (χ0n) is 20.6. The maximum Gasteiger partial charge on any atom is 0.160 e. The molecule has 2 aromatic carbocycles. The molecule has 4 atom stereocenters. The summed E-state index contributed by atoms with van der Waals surface area (Å²) in [5, 5.41) is 23.1. The van der Waals surface area contributed by atoms with Gasteiger partial charge in [-0.2, -0.15) is 0 Å². The van der Waals surface area contributed by atoms with E-state index in [0.29, 0.717) is 19.6 Å². The predicted molar refractivity (Wildman–Crippen MR) is 137 cm³/mol. The van der Waals surface area contributed by atoms with E-state index in [1.807, 2.05) is 12.1 Å². The maximum absolute atomic E-state index is 9.85. The lowest BCUT2D eigenvalue weighted by atomic mass is 10.0. The fourth-order valence-corrected chi connectivity index (χ4v) is 5.05. The summed E-state index contributed by atoms with van der Waals surface area (Å²) in [5.41, 5.74) is 4.39. The van der Waals surface area contributed by atoms with E-state index in [-0.39, 0.29) is 0 Å². The van der Waals surface area contributed by atoms with E-state index in [2.05, 4.69) is 48.9 Å². The molecular formula is C28H34N2O5. The molecule has 0 amide bonds. The first-order chi connectivity index (χ1) is 16.9. The number of benzene rings is 2. The molecule has 1 aliphatic rings. The number of aryl methyl sites for hydroxylation is 2. The van der Waals surface area contributed by atoms with Crippen molar-refractivity contribution in [1.29, 1.82) is 0 Å². The van der Waals surface area contributed by atoms with Crippen LogP contribution in [0.4, 0.5) is 0 Å². The second-order valence-corrected chi connectivity index (χ2v) is 9.53. The average molecular weight is 479 g/mol. The summed E-state index contributed by atoms with van der Waals surface area (Å²) in [6.07, 6.45) is 0.556. The average Bonchev–Trinajstić information content (AvgIpc) is 3.14. The Kier molecular flexibility index (Phi) is 6.93. The van der Waals surface area contributed by atoms with Crippen LogP contribution in [-0.2, 0) is 16.5 Å². The molecule has 7 heteroatoms. The summed E-state index contributed by atoms with van der Waals surface area (Å²) in [6, 6.07) is 14.6. The number of unbranched alkanes of at least 4 members (excludes halogenated alkanes) is 2. The number of fused-ring (bicyclic) bond motifs is 4. The molecule has 0 aliphatic carbocycles. The number of aromatic nitrogens is 2. The third kappa shape index (κ3) is 4.74. The van der Waals surface area contributed by atoms with Crippen molar-refractivity contribution < 1.29 is 24.4 Å². The predicted octanol–water partition coefficient (Wildman–Crippen LogP) is 4.61. The van der Waals surface area contributed by atoms with Gasteiger partial charge in [-0.25, -0.2) is 4.98 Å². The van der Waals surface area contributed by atoms with Crippen molar-refractivity contribution in [3.8, 4) is 5.75 Å². The Morgan fingerprint density at radius 3 is 2.69 bits per heavy atom. The van der Waals surface area contributed by atoms with Gasteiger partial charge in [0.05, 0.1) is 29.8 Å². The largest absolute Gasteiger partial charge is 0.494 e. The van der Waals surface area contributed by atoms with Crippen LogP contribution >= 0.6 is 0 Å². The van der Waals surface area contributed by atoms with Gasteiger partial charge in [-0.05, 0) is 62.9 Å². The first-order valence-corrected chi connectivity index (χ1v) is 12.5. The Balaban J connectivity index is 1.16. The number of pyridine rings is 1. The molecule has 35 heavy (non-hydrogen) atoms. The van der Waals surface area contributed by atoms with Crippen LogP contribution in [0.25, 0.3) is 32.8 Å². The van der Waals surface area contributed by atoms with Crippen molar-refractivity contribution in [2.24, 2.45) is 7.05 Å². The van der Waals surface area contributed by atoms with Crippen LogP contribution < -0.4 is 4.74 Å². The van der Waals surface area contributed by atoms with E-state index in [4.69, 9.17) is 19.2 Å². The Hall–Kier alpha value is -2.71. The van der Waals surface area contributed by atoms with Crippen molar-refractivity contribution in [2.45, 2.75) is 64.1 Å². The lowest BCUT2D eigenvalue weighted by Crippen LogP contribution is -2.47. The summed E-state index contributed by atoms with van der Waals surface area (Å²) in [5.74, 6) is 0.857. The summed E-state index contributed by atoms with van der Waals surface area (Å²) in [6.45, 7) is 5.10. The zero-order chi connectivity index (χ0) is 24.5. The molecule has 4 aromatic rings. The highest BCUT2D eigenvalue weighted by Gasteiger charge is 2.34. The van der Waals surface area contributed by atoms with Crippen molar-refractivity contribution in [1.82, 2.24) is 9.55 Å². The third-order valence-corrected chi connectivity index (χ3v) is 7.09. The number of rotatable bonds is 8. The van der Waals surface area contributed by atoms with Gasteiger partial charge in [-0.15, -0.1) is 0 Å². The van der Waals surface area contributed by atoms with Crippen molar-refractivity contribution in [3.63, 3.8) is 0 Å². The molecule has 5 rings (SSSR count). The Labute approximate surface area is 205 Å². The van der Waals surface area contributed by atoms with E-state index in [9.17, 15) is 10.2 Å². The van der Waals surface area contributed by atoms with Gasteiger partial charge in [-0.1, -0.05) is 18.2 Å². The van der Waals surface area contributed by atoms with Crippen LogP contribution in [0.5, 0.6) is 5.75 Å². The van der Waals surface area contributed by atoms with Crippen molar-refractivity contribution >= 4 is 32.8 Å². The molecule has 0 radical (unpaired) electrons. The highest BCUT2D eigenvalue weighted by Crippen LogP contribution is 2.34. The fraction of sp³-hybridized carbons (Fsp3) is 0.464. The van der Waals surface area contributed by atoms with Crippen LogP contribution in [-0.4, -0.2) is 57.6 Å². The monoisotopic (exact) mass is 478 g/mol. The number of aliphatic hydroxyl groups excluding tert-OH is 2. The van der Waals surface area contributed by atoms with Gasteiger partial charge in [0.25, 0.3) is 0 Å². The van der Waals surface area contributed by atoms with E-state index < -0.39 is 24.6 Å². The minimum atomic E-state index is -0.847. The van der Waals surface area contributed by atoms with Crippen molar-refractivity contribution in [2.75, 3.05) is 13.2 Å². The number of para-hydroxylation sites is 1. The summed E-state index contributed by atoms with van der Waals surface area (Å²) in [7, 11) is 2.07. The molecule has 2 N–H and O–H groups in total. The van der Waals surface area contributed by atoms with Crippen molar-refractivity contribution in [3.05, 3.63) is 48.0 Å². The number of ether oxygens (including phenoxy) is 3. The standard InChI is InChI=1S/C28H34N2O5/c1-17-21-15-19(33-13-7-4-8-14-34-25-16-24(31)27(32)18(2)35-25)11-12-22(21)29-28-26(17)20-9-5-6-10-23(20)30(28)3/h5-6,9-12,15,18,24-25,27,31-32H,4,7-8,13-14,16H2,1-3H3/t18-,24-,25+,27-/m0/s1. The minimum Gasteiger partial charge on any atom is -0.494 e. The van der Waals surface area contributed by atoms with E-state index in [1.165, 1.54) is 21.9 Å².